The summed E-state index contributed by atoms with van der Waals surface area (Å²) >= 11 is 0. The summed E-state index contributed by atoms with van der Waals surface area (Å²) in [6.45, 7) is 11.2. The third kappa shape index (κ3) is 12.0. The van der Waals surface area contributed by atoms with E-state index in [9.17, 15) is 9.59 Å². The van der Waals surface area contributed by atoms with Crippen molar-refractivity contribution >= 4 is 34.7 Å². The van der Waals surface area contributed by atoms with Crippen molar-refractivity contribution in [2.24, 2.45) is 0 Å². The Bertz CT molecular complexity index is 1480. The van der Waals surface area contributed by atoms with Crippen LogP contribution in [0.25, 0.3) is 0 Å². The zero-order valence-electron chi connectivity index (χ0n) is 29.2. The van der Waals surface area contributed by atoms with Gasteiger partial charge in [0, 0.05) is 75.1 Å². The van der Waals surface area contributed by atoms with E-state index >= 15 is 0 Å². The number of nitrogen functional groups attached to an aromatic ring is 2. The van der Waals surface area contributed by atoms with Crippen LogP contribution in [0.2, 0.25) is 0 Å². The van der Waals surface area contributed by atoms with Crippen LogP contribution in [0.15, 0.2) is 109 Å². The van der Waals surface area contributed by atoms with Crippen LogP contribution in [0.1, 0.15) is 59.3 Å². The van der Waals surface area contributed by atoms with Crippen molar-refractivity contribution in [2.45, 2.75) is 48.2 Å². The zero-order chi connectivity index (χ0) is 35.3. The predicted molar refractivity (Wildman–Crippen MR) is 221 cm³/mol. The van der Waals surface area contributed by atoms with Gasteiger partial charge in [-0.2, -0.15) is 0 Å². The molecule has 10 nitrogen and oxygen atoms in total. The van der Waals surface area contributed by atoms with E-state index in [0.29, 0.717) is 13.2 Å². The highest BCUT2D eigenvalue weighted by atomic mass is 16.5. The molecule has 53 heavy (non-hydrogen) atoms. The Kier molecular flexibility index (Phi) is 18.4. The highest BCUT2D eigenvalue weighted by Gasteiger charge is 2.33. The number of hydrogen-bond donors (Lipinski definition) is 2. The topological polar surface area (TPSA) is 118 Å². The maximum Gasteiger partial charge on any atom is 0.328 e. The first-order chi connectivity index (χ1) is 24.4. The summed E-state index contributed by atoms with van der Waals surface area (Å²) in [7, 11) is 0. The number of esters is 2. The molecule has 0 aliphatic carbocycles. The summed E-state index contributed by atoms with van der Waals surface area (Å²) in [6.07, 6.45) is 0. The first-order valence-electron chi connectivity index (χ1n) is 17.5. The van der Waals surface area contributed by atoms with Gasteiger partial charge < -0.3 is 30.7 Å². The lowest BCUT2D eigenvalue weighted by atomic mass is 10.0. The fourth-order valence-corrected chi connectivity index (χ4v) is 6.55. The van der Waals surface area contributed by atoms with E-state index in [4.69, 9.17) is 20.9 Å². The molecule has 0 radical (unpaired) electrons. The van der Waals surface area contributed by atoms with Gasteiger partial charge in [0.2, 0.25) is 0 Å². The number of nitrogens with zero attached hydrogens (tertiary/aromatic N) is 4. The Morgan fingerprint density at radius 1 is 0.509 bits per heavy atom. The number of anilines is 4. The minimum atomic E-state index is -0.338. The number of benzene rings is 4. The number of carbonyl (C=O) groups is 2. The van der Waals surface area contributed by atoms with Crippen LogP contribution in [-0.4, -0.2) is 87.3 Å². The fourth-order valence-electron chi connectivity index (χ4n) is 6.55. The summed E-state index contributed by atoms with van der Waals surface area (Å²) < 4.78 is 10.7. The maximum absolute atomic E-state index is 12.5. The second kappa shape index (κ2) is 22.1. The molecule has 4 aromatic rings. The molecule has 4 aromatic carbocycles. The van der Waals surface area contributed by atoms with Crippen LogP contribution in [0.4, 0.5) is 22.7 Å². The average molecular weight is 727 g/mol. The largest absolute Gasteiger partial charge is 0.465 e. The molecule has 4 N–H and O–H groups in total. The van der Waals surface area contributed by atoms with Crippen molar-refractivity contribution in [1.29, 1.82) is 0 Å². The zero-order valence-corrected chi connectivity index (χ0v) is 29.2. The number of hydrogen-bond acceptors (Lipinski definition) is 10. The van der Waals surface area contributed by atoms with Gasteiger partial charge in [-0.3, -0.25) is 9.80 Å². The number of nitrogens with two attached hydrogens (primary N) is 2. The maximum atomic E-state index is 12.5. The van der Waals surface area contributed by atoms with E-state index < -0.39 is 0 Å². The number of carbonyl (C=O) groups excluding carboxylic acids is 2. The van der Waals surface area contributed by atoms with Crippen LogP contribution in [0.3, 0.4) is 0 Å². The lowest BCUT2D eigenvalue weighted by molar-refractivity contribution is -0.151. The summed E-state index contributed by atoms with van der Waals surface area (Å²) in [5, 5.41) is 0. The molecule has 0 aromatic heterocycles. The molecule has 0 amide bonds. The van der Waals surface area contributed by atoms with Gasteiger partial charge >= 0.3 is 11.9 Å². The molecular weight excluding hydrogens is 665 g/mol. The van der Waals surface area contributed by atoms with E-state index in [-0.39, 0.29) is 46.3 Å². The number of ether oxygens (including phenoxy) is 2. The summed E-state index contributed by atoms with van der Waals surface area (Å²) in [5.74, 6) is -0.343. The highest BCUT2D eigenvalue weighted by Crippen LogP contribution is 2.27. The Morgan fingerprint density at radius 2 is 0.811 bits per heavy atom. The smallest absolute Gasteiger partial charge is 0.328 e. The third-order valence-electron chi connectivity index (χ3n) is 9.13. The van der Waals surface area contributed by atoms with Gasteiger partial charge in [0.25, 0.3) is 0 Å². The van der Waals surface area contributed by atoms with Crippen LogP contribution in [0, 0.1) is 0 Å². The van der Waals surface area contributed by atoms with Crippen molar-refractivity contribution in [1.82, 2.24) is 9.80 Å². The van der Waals surface area contributed by atoms with E-state index in [1.54, 1.807) is 0 Å². The molecule has 6 rings (SSSR count). The minimum Gasteiger partial charge on any atom is -0.465 e. The average Bonchev–Trinajstić information content (AvgIpc) is 3.15. The second-order valence-electron chi connectivity index (χ2n) is 12.4. The summed E-state index contributed by atoms with van der Waals surface area (Å²) in [4.78, 5) is 34.1. The second-order valence-corrected chi connectivity index (χ2v) is 12.4. The van der Waals surface area contributed by atoms with Crippen molar-refractivity contribution < 1.29 is 19.1 Å². The van der Waals surface area contributed by atoms with Crippen molar-refractivity contribution in [2.75, 3.05) is 86.8 Å². The molecule has 2 atom stereocenters. The molecule has 2 aliphatic rings. The lowest BCUT2D eigenvalue weighted by Crippen LogP contribution is -2.49. The number of rotatable bonds is 10. The molecular formula is C43H62N6O4. The monoisotopic (exact) mass is 726 g/mol. The van der Waals surface area contributed by atoms with Crippen LogP contribution in [0.5, 0.6) is 0 Å². The Labute approximate surface area is 318 Å². The molecule has 10 heteroatoms. The van der Waals surface area contributed by atoms with E-state index in [1.165, 1.54) is 11.4 Å². The van der Waals surface area contributed by atoms with Crippen LogP contribution in [-0.2, 0) is 19.1 Å². The molecule has 288 valence electrons. The number of piperazine rings is 2. The van der Waals surface area contributed by atoms with Crippen LogP contribution < -0.4 is 21.3 Å². The summed E-state index contributed by atoms with van der Waals surface area (Å²) in [5.41, 5.74) is 17.4. The molecule has 2 aliphatic heterocycles. The van der Waals surface area contributed by atoms with E-state index in [2.05, 4.69) is 19.6 Å². The molecule has 2 saturated heterocycles. The minimum absolute atomic E-state index is 0. The van der Waals surface area contributed by atoms with Crippen molar-refractivity contribution in [3.63, 3.8) is 0 Å². The predicted octanol–water partition coefficient (Wildman–Crippen LogP) is 7.30. The third-order valence-corrected chi connectivity index (χ3v) is 9.13. The molecule has 0 unspecified atom stereocenters. The standard InChI is InChI=1S/2C20H25N3O2.3CH4/c2*1-2-25-20(24)19(16-6-4-3-5-7-16)23-14-12-22(13-15-23)18-10-8-17(21)9-11-18;;;/h2*3-11,19H,2,12-15,21H2,1H3;3*1H4/t2*19-;;;/m10.../s1. The van der Waals surface area contributed by atoms with Gasteiger partial charge in [-0.1, -0.05) is 82.9 Å². The van der Waals surface area contributed by atoms with Crippen molar-refractivity contribution in [3.8, 4) is 0 Å². The normalized spacial score (nSPS) is 15.5. The molecule has 2 heterocycles. The lowest BCUT2D eigenvalue weighted by Gasteiger charge is -2.39. The molecule has 0 saturated carbocycles. The van der Waals surface area contributed by atoms with Crippen molar-refractivity contribution in [3.05, 3.63) is 120 Å². The van der Waals surface area contributed by atoms with Gasteiger partial charge in [-0.05, 0) is 73.5 Å². The van der Waals surface area contributed by atoms with Gasteiger partial charge in [-0.15, -0.1) is 0 Å². The van der Waals surface area contributed by atoms with Gasteiger partial charge in [0.1, 0.15) is 12.1 Å². The first-order valence-corrected chi connectivity index (χ1v) is 17.5. The molecule has 0 bridgehead atoms. The SMILES string of the molecule is C.C.C.CCOC(=O)[C@@H](c1ccccc1)N1CCN(c2ccc(N)cc2)CC1.CCOC(=O)[C@H](c1ccccc1)N1CCN(c2ccc(N)cc2)CC1. The first kappa shape index (κ1) is 44.1. The van der Waals surface area contributed by atoms with E-state index in [0.717, 1.165) is 74.9 Å². The highest BCUT2D eigenvalue weighted by molar-refractivity contribution is 5.78. The van der Waals surface area contributed by atoms with E-state index in [1.807, 2.05) is 123 Å². The van der Waals surface area contributed by atoms with Crippen LogP contribution >= 0.6 is 0 Å². The Balaban J connectivity index is 0.000000347. The fraction of sp³-hybridized carbons (Fsp3) is 0.395. The quantitative estimate of drug-likeness (QED) is 0.127. The van der Waals surface area contributed by atoms with Gasteiger partial charge in [-0.25, -0.2) is 9.59 Å². The molecule has 0 spiro atoms. The Hall–Kier alpha value is -5.06. The molecule has 2 fully saturated rings. The van der Waals surface area contributed by atoms with Gasteiger partial charge in [0.15, 0.2) is 0 Å². The Morgan fingerprint density at radius 3 is 1.09 bits per heavy atom. The van der Waals surface area contributed by atoms with Gasteiger partial charge in [0.05, 0.1) is 13.2 Å². The summed E-state index contributed by atoms with van der Waals surface area (Å²) in [6, 6.07) is 35.0.